The lowest BCUT2D eigenvalue weighted by Gasteiger charge is -2.29. The van der Waals surface area contributed by atoms with Crippen LogP contribution in [0.5, 0.6) is 5.75 Å². The van der Waals surface area contributed by atoms with Crippen LogP contribution in [-0.4, -0.2) is 5.11 Å². The van der Waals surface area contributed by atoms with Crippen molar-refractivity contribution in [1.29, 1.82) is 0 Å². The Hall–Kier alpha value is -1.80. The van der Waals surface area contributed by atoms with Crippen molar-refractivity contribution in [3.63, 3.8) is 0 Å². The number of phenols is 1. The second kappa shape index (κ2) is 5.90. The minimum absolute atomic E-state index is 0.309. The van der Waals surface area contributed by atoms with E-state index in [1.807, 2.05) is 6.07 Å². The SMILES string of the molecule is Cc1ccc([C@@H](C)NC2CCCc3ccc(O)cc32)cc1. The summed E-state index contributed by atoms with van der Waals surface area (Å²) >= 11 is 0. The van der Waals surface area contributed by atoms with Crippen LogP contribution in [-0.2, 0) is 6.42 Å². The standard InChI is InChI=1S/C19H23NO/c1-13-6-8-15(9-7-13)14(2)20-19-5-3-4-16-10-11-17(21)12-18(16)19/h6-12,14,19-21H,3-5H2,1-2H3/t14-,19?/m1/s1. The fraction of sp³-hybridized carbons (Fsp3) is 0.368. The topological polar surface area (TPSA) is 32.3 Å². The fourth-order valence-electron chi connectivity index (χ4n) is 3.21. The molecule has 0 saturated heterocycles. The largest absolute Gasteiger partial charge is 0.508 e. The highest BCUT2D eigenvalue weighted by Gasteiger charge is 2.22. The van der Waals surface area contributed by atoms with Crippen LogP contribution in [0.4, 0.5) is 0 Å². The van der Waals surface area contributed by atoms with Gasteiger partial charge in [0.25, 0.3) is 0 Å². The fourth-order valence-corrected chi connectivity index (χ4v) is 3.21. The van der Waals surface area contributed by atoms with Crippen molar-refractivity contribution in [2.24, 2.45) is 0 Å². The first-order valence-electron chi connectivity index (χ1n) is 7.78. The monoisotopic (exact) mass is 281 g/mol. The van der Waals surface area contributed by atoms with Gasteiger partial charge in [0.2, 0.25) is 0 Å². The molecular weight excluding hydrogens is 258 g/mol. The molecule has 0 aliphatic heterocycles. The summed E-state index contributed by atoms with van der Waals surface area (Å²) in [6.45, 7) is 4.32. The summed E-state index contributed by atoms with van der Waals surface area (Å²) in [5.41, 5.74) is 5.24. The van der Waals surface area contributed by atoms with E-state index in [0.717, 1.165) is 12.8 Å². The lowest BCUT2D eigenvalue weighted by molar-refractivity contribution is 0.411. The molecular formula is C19H23NO. The van der Waals surface area contributed by atoms with Gasteiger partial charge in [0.05, 0.1) is 0 Å². The molecule has 21 heavy (non-hydrogen) atoms. The maximum Gasteiger partial charge on any atom is 0.115 e. The summed E-state index contributed by atoms with van der Waals surface area (Å²) < 4.78 is 0. The zero-order valence-corrected chi connectivity index (χ0v) is 12.8. The van der Waals surface area contributed by atoms with E-state index in [1.165, 1.54) is 28.7 Å². The van der Waals surface area contributed by atoms with Gasteiger partial charge < -0.3 is 10.4 Å². The Morgan fingerprint density at radius 2 is 1.90 bits per heavy atom. The number of hydrogen-bond donors (Lipinski definition) is 2. The third kappa shape index (κ3) is 3.11. The summed E-state index contributed by atoms with van der Waals surface area (Å²) in [4.78, 5) is 0. The highest BCUT2D eigenvalue weighted by atomic mass is 16.3. The maximum absolute atomic E-state index is 9.76. The molecule has 0 fully saturated rings. The van der Waals surface area contributed by atoms with Gasteiger partial charge in [-0.3, -0.25) is 0 Å². The van der Waals surface area contributed by atoms with Crippen LogP contribution in [0.25, 0.3) is 0 Å². The predicted molar refractivity (Wildman–Crippen MR) is 86.5 cm³/mol. The van der Waals surface area contributed by atoms with Crippen LogP contribution in [0.3, 0.4) is 0 Å². The van der Waals surface area contributed by atoms with Crippen molar-refractivity contribution in [1.82, 2.24) is 5.32 Å². The molecule has 3 rings (SSSR count). The average molecular weight is 281 g/mol. The summed E-state index contributed by atoms with van der Waals surface area (Å²) in [6, 6.07) is 15.1. The Morgan fingerprint density at radius 1 is 1.14 bits per heavy atom. The minimum Gasteiger partial charge on any atom is -0.508 e. The molecule has 1 aliphatic rings. The number of phenolic OH excluding ortho intramolecular Hbond substituents is 1. The van der Waals surface area contributed by atoms with Gasteiger partial charge in [-0.2, -0.15) is 0 Å². The van der Waals surface area contributed by atoms with Crippen molar-refractivity contribution in [2.45, 2.75) is 45.2 Å². The zero-order chi connectivity index (χ0) is 14.8. The van der Waals surface area contributed by atoms with E-state index < -0.39 is 0 Å². The Kier molecular flexibility index (Phi) is 3.98. The third-order valence-electron chi connectivity index (χ3n) is 4.47. The lowest BCUT2D eigenvalue weighted by atomic mass is 9.87. The van der Waals surface area contributed by atoms with Crippen LogP contribution < -0.4 is 5.32 Å². The Bertz CT molecular complexity index is 618. The Labute approximate surface area is 126 Å². The molecule has 0 heterocycles. The van der Waals surface area contributed by atoms with Crippen molar-refractivity contribution in [3.05, 3.63) is 64.7 Å². The van der Waals surface area contributed by atoms with E-state index in [4.69, 9.17) is 0 Å². The van der Waals surface area contributed by atoms with Crippen molar-refractivity contribution < 1.29 is 5.11 Å². The molecule has 2 aromatic rings. The van der Waals surface area contributed by atoms with Crippen molar-refractivity contribution in [2.75, 3.05) is 0 Å². The van der Waals surface area contributed by atoms with Gasteiger partial charge in [-0.1, -0.05) is 35.9 Å². The highest BCUT2D eigenvalue weighted by molar-refractivity contribution is 5.38. The van der Waals surface area contributed by atoms with E-state index in [2.05, 4.69) is 49.5 Å². The number of aromatic hydroxyl groups is 1. The number of benzene rings is 2. The van der Waals surface area contributed by atoms with Gasteiger partial charge in [0, 0.05) is 12.1 Å². The first-order chi connectivity index (χ1) is 10.1. The van der Waals surface area contributed by atoms with Gasteiger partial charge >= 0.3 is 0 Å². The van der Waals surface area contributed by atoms with Crippen LogP contribution >= 0.6 is 0 Å². The molecule has 2 heteroatoms. The van der Waals surface area contributed by atoms with E-state index in [1.54, 1.807) is 6.07 Å². The normalized spacial score (nSPS) is 19.0. The quantitative estimate of drug-likeness (QED) is 0.872. The van der Waals surface area contributed by atoms with Crippen molar-refractivity contribution in [3.8, 4) is 5.75 Å². The zero-order valence-electron chi connectivity index (χ0n) is 12.8. The molecule has 1 unspecified atom stereocenters. The number of rotatable bonds is 3. The molecule has 2 atom stereocenters. The van der Waals surface area contributed by atoms with Crippen LogP contribution in [0.2, 0.25) is 0 Å². The van der Waals surface area contributed by atoms with Gasteiger partial charge in [0.15, 0.2) is 0 Å². The highest BCUT2D eigenvalue weighted by Crippen LogP contribution is 2.33. The third-order valence-corrected chi connectivity index (χ3v) is 4.47. The molecule has 2 aromatic carbocycles. The minimum atomic E-state index is 0.309. The Morgan fingerprint density at radius 3 is 2.67 bits per heavy atom. The molecule has 2 N–H and O–H groups in total. The average Bonchev–Trinajstić information content (AvgIpc) is 2.48. The summed E-state index contributed by atoms with van der Waals surface area (Å²) in [7, 11) is 0. The predicted octanol–water partition coefficient (Wildman–Crippen LogP) is 4.43. The maximum atomic E-state index is 9.76. The number of aryl methyl sites for hydroxylation is 2. The molecule has 0 spiro atoms. The molecule has 0 saturated carbocycles. The summed E-state index contributed by atoms with van der Waals surface area (Å²) in [5, 5.41) is 13.5. The van der Waals surface area contributed by atoms with Gasteiger partial charge in [-0.25, -0.2) is 0 Å². The van der Waals surface area contributed by atoms with E-state index in [9.17, 15) is 5.11 Å². The molecule has 110 valence electrons. The van der Waals surface area contributed by atoms with Gasteiger partial charge in [0.1, 0.15) is 5.75 Å². The first-order valence-corrected chi connectivity index (χ1v) is 7.78. The number of nitrogens with one attached hydrogen (secondary N) is 1. The van der Waals surface area contributed by atoms with Crippen LogP contribution in [0.15, 0.2) is 42.5 Å². The molecule has 0 aromatic heterocycles. The first kappa shape index (κ1) is 14.2. The molecule has 0 amide bonds. The van der Waals surface area contributed by atoms with Gasteiger partial charge in [-0.15, -0.1) is 0 Å². The smallest absolute Gasteiger partial charge is 0.115 e. The second-order valence-corrected chi connectivity index (χ2v) is 6.13. The van der Waals surface area contributed by atoms with Crippen molar-refractivity contribution >= 4 is 0 Å². The number of hydrogen-bond acceptors (Lipinski definition) is 2. The van der Waals surface area contributed by atoms with Gasteiger partial charge in [-0.05, 0) is 61.9 Å². The molecule has 2 nitrogen and oxygen atoms in total. The van der Waals surface area contributed by atoms with E-state index in [0.29, 0.717) is 17.8 Å². The number of fused-ring (bicyclic) bond motifs is 1. The Balaban J connectivity index is 1.80. The molecule has 0 bridgehead atoms. The van der Waals surface area contributed by atoms with Crippen LogP contribution in [0.1, 0.15) is 54.1 Å². The van der Waals surface area contributed by atoms with Crippen LogP contribution in [0, 0.1) is 6.92 Å². The van der Waals surface area contributed by atoms with E-state index in [-0.39, 0.29) is 0 Å². The molecule has 1 aliphatic carbocycles. The summed E-state index contributed by atoms with van der Waals surface area (Å²) in [5.74, 6) is 0.366. The molecule has 0 radical (unpaired) electrons. The summed E-state index contributed by atoms with van der Waals surface area (Å²) in [6.07, 6.45) is 3.45. The lowest BCUT2D eigenvalue weighted by Crippen LogP contribution is -2.27. The second-order valence-electron chi connectivity index (χ2n) is 6.13. The van der Waals surface area contributed by atoms with E-state index >= 15 is 0 Å².